The summed E-state index contributed by atoms with van der Waals surface area (Å²) in [7, 11) is 0. The van der Waals surface area contributed by atoms with Crippen LogP contribution >= 0.6 is 27.5 Å². The Morgan fingerprint density at radius 3 is 2.67 bits per heavy atom. The first-order chi connectivity index (χ1) is 8.58. The maximum atomic E-state index is 5.82. The SMILES string of the molecule is Cc1c(N)cnc(OCc2ccc(Cl)cc2)c1Br. The average molecular weight is 328 g/mol. The van der Waals surface area contributed by atoms with Crippen molar-refractivity contribution in [3.63, 3.8) is 0 Å². The lowest BCUT2D eigenvalue weighted by Gasteiger charge is -2.10. The highest BCUT2D eigenvalue weighted by Gasteiger charge is 2.08. The molecule has 0 aliphatic rings. The number of pyridine rings is 1. The quantitative estimate of drug-likeness (QED) is 0.928. The number of halogens is 2. The number of hydrogen-bond acceptors (Lipinski definition) is 3. The van der Waals surface area contributed by atoms with Crippen LogP contribution in [0.5, 0.6) is 5.88 Å². The molecule has 2 rings (SSSR count). The van der Waals surface area contributed by atoms with Crippen LogP contribution in [0, 0.1) is 6.92 Å². The van der Waals surface area contributed by atoms with E-state index in [1.807, 2.05) is 31.2 Å². The molecule has 0 spiro atoms. The lowest BCUT2D eigenvalue weighted by molar-refractivity contribution is 0.291. The number of nitrogen functional groups attached to an aromatic ring is 1. The highest BCUT2D eigenvalue weighted by Crippen LogP contribution is 2.29. The Hall–Kier alpha value is -1.26. The van der Waals surface area contributed by atoms with Crippen LogP contribution in [0.4, 0.5) is 5.69 Å². The summed E-state index contributed by atoms with van der Waals surface area (Å²) >= 11 is 9.25. The third-order valence-corrected chi connectivity index (χ3v) is 3.75. The maximum Gasteiger partial charge on any atom is 0.228 e. The van der Waals surface area contributed by atoms with Gasteiger partial charge in [-0.25, -0.2) is 4.98 Å². The van der Waals surface area contributed by atoms with Gasteiger partial charge in [-0.2, -0.15) is 0 Å². The molecule has 0 amide bonds. The largest absolute Gasteiger partial charge is 0.472 e. The highest BCUT2D eigenvalue weighted by molar-refractivity contribution is 9.10. The molecule has 0 aliphatic carbocycles. The van der Waals surface area contributed by atoms with Crippen LogP contribution in [0.15, 0.2) is 34.9 Å². The predicted octanol–water partition coefficient (Wildman–Crippen LogP) is 3.97. The third-order valence-electron chi connectivity index (χ3n) is 2.56. The Kier molecular flexibility index (Phi) is 4.09. The molecule has 94 valence electrons. The van der Waals surface area contributed by atoms with Gasteiger partial charge in [-0.3, -0.25) is 0 Å². The number of hydrogen-bond donors (Lipinski definition) is 1. The fourth-order valence-electron chi connectivity index (χ4n) is 1.40. The first-order valence-electron chi connectivity index (χ1n) is 5.35. The van der Waals surface area contributed by atoms with Crippen molar-refractivity contribution in [3.05, 3.63) is 51.1 Å². The van der Waals surface area contributed by atoms with E-state index < -0.39 is 0 Å². The van der Waals surface area contributed by atoms with Crippen LogP contribution in [0.25, 0.3) is 0 Å². The summed E-state index contributed by atoms with van der Waals surface area (Å²) in [6.07, 6.45) is 1.59. The molecule has 0 fully saturated rings. The Labute approximate surface area is 119 Å². The zero-order valence-electron chi connectivity index (χ0n) is 9.78. The van der Waals surface area contributed by atoms with E-state index in [2.05, 4.69) is 20.9 Å². The molecule has 5 heteroatoms. The van der Waals surface area contributed by atoms with Crippen molar-refractivity contribution < 1.29 is 4.74 Å². The number of aromatic nitrogens is 1. The Balaban J connectivity index is 2.11. The van der Waals surface area contributed by atoms with Crippen molar-refractivity contribution in [2.45, 2.75) is 13.5 Å². The molecule has 1 aromatic heterocycles. The summed E-state index contributed by atoms with van der Waals surface area (Å²) < 4.78 is 6.43. The number of ether oxygens (including phenoxy) is 1. The lowest BCUT2D eigenvalue weighted by atomic mass is 10.2. The standard InChI is InChI=1S/C13H12BrClN2O/c1-8-11(16)6-17-13(12(8)14)18-7-9-2-4-10(15)5-3-9/h2-6H,7,16H2,1H3. The van der Waals surface area contributed by atoms with Crippen molar-refractivity contribution in [3.8, 4) is 5.88 Å². The van der Waals surface area contributed by atoms with E-state index in [0.29, 0.717) is 23.2 Å². The molecule has 0 saturated heterocycles. The molecule has 1 heterocycles. The van der Waals surface area contributed by atoms with Gasteiger partial charge >= 0.3 is 0 Å². The van der Waals surface area contributed by atoms with Crippen molar-refractivity contribution in [1.29, 1.82) is 0 Å². The summed E-state index contributed by atoms with van der Waals surface area (Å²) in [4.78, 5) is 4.15. The molecule has 2 aromatic rings. The second-order valence-corrected chi connectivity index (χ2v) is 5.10. The molecular weight excluding hydrogens is 316 g/mol. The van der Waals surface area contributed by atoms with Crippen LogP contribution in [-0.4, -0.2) is 4.98 Å². The number of nitrogens with zero attached hydrogens (tertiary/aromatic N) is 1. The molecule has 0 bridgehead atoms. The van der Waals surface area contributed by atoms with Gasteiger partial charge in [0.2, 0.25) is 5.88 Å². The van der Waals surface area contributed by atoms with Crippen molar-refractivity contribution in [2.24, 2.45) is 0 Å². The Bertz CT molecular complexity index is 558. The fourth-order valence-corrected chi connectivity index (χ4v) is 1.97. The first-order valence-corrected chi connectivity index (χ1v) is 6.53. The monoisotopic (exact) mass is 326 g/mol. The minimum Gasteiger partial charge on any atom is -0.472 e. The summed E-state index contributed by atoms with van der Waals surface area (Å²) in [5, 5.41) is 0.710. The topological polar surface area (TPSA) is 48.1 Å². The molecule has 0 atom stereocenters. The van der Waals surface area contributed by atoms with Gasteiger partial charge < -0.3 is 10.5 Å². The zero-order chi connectivity index (χ0) is 13.1. The van der Waals surface area contributed by atoms with Gasteiger partial charge in [0.1, 0.15) is 6.61 Å². The smallest absolute Gasteiger partial charge is 0.228 e. The third kappa shape index (κ3) is 2.94. The van der Waals surface area contributed by atoms with E-state index in [0.717, 1.165) is 15.6 Å². The van der Waals surface area contributed by atoms with Crippen molar-refractivity contribution in [2.75, 3.05) is 5.73 Å². The summed E-state index contributed by atoms with van der Waals surface area (Å²) in [5.74, 6) is 0.539. The first kappa shape index (κ1) is 13.2. The van der Waals surface area contributed by atoms with Crippen LogP contribution in [0.3, 0.4) is 0 Å². The van der Waals surface area contributed by atoms with Gasteiger partial charge in [0.05, 0.1) is 16.4 Å². The molecule has 0 saturated carbocycles. The normalized spacial score (nSPS) is 10.4. The molecule has 18 heavy (non-hydrogen) atoms. The van der Waals surface area contributed by atoms with Crippen LogP contribution < -0.4 is 10.5 Å². The molecule has 2 N–H and O–H groups in total. The summed E-state index contributed by atoms with van der Waals surface area (Å²) in [6, 6.07) is 7.49. The van der Waals surface area contributed by atoms with Crippen LogP contribution in [-0.2, 0) is 6.61 Å². The minimum absolute atomic E-state index is 0.437. The van der Waals surface area contributed by atoms with E-state index >= 15 is 0 Å². The molecule has 1 aromatic carbocycles. The van der Waals surface area contributed by atoms with E-state index in [1.54, 1.807) is 6.20 Å². The van der Waals surface area contributed by atoms with Gasteiger partial charge in [-0.05, 0) is 46.1 Å². The number of nitrogens with two attached hydrogens (primary N) is 1. The average Bonchev–Trinajstić information content (AvgIpc) is 2.37. The predicted molar refractivity (Wildman–Crippen MR) is 76.9 cm³/mol. The zero-order valence-corrected chi connectivity index (χ0v) is 12.1. The second kappa shape index (κ2) is 5.59. The molecule has 0 aliphatic heterocycles. The maximum absolute atomic E-state index is 5.82. The number of benzene rings is 1. The highest BCUT2D eigenvalue weighted by atomic mass is 79.9. The Morgan fingerprint density at radius 1 is 1.33 bits per heavy atom. The van der Waals surface area contributed by atoms with E-state index in [4.69, 9.17) is 22.1 Å². The van der Waals surface area contributed by atoms with Gasteiger partial charge in [0, 0.05) is 5.02 Å². The molecular formula is C13H12BrClN2O. The van der Waals surface area contributed by atoms with Gasteiger partial charge in [-0.1, -0.05) is 23.7 Å². The molecule has 0 unspecified atom stereocenters. The number of rotatable bonds is 3. The minimum atomic E-state index is 0.437. The number of anilines is 1. The van der Waals surface area contributed by atoms with Crippen molar-refractivity contribution in [1.82, 2.24) is 4.98 Å². The van der Waals surface area contributed by atoms with Gasteiger partial charge in [0.25, 0.3) is 0 Å². The van der Waals surface area contributed by atoms with Gasteiger partial charge in [-0.15, -0.1) is 0 Å². The van der Waals surface area contributed by atoms with Crippen molar-refractivity contribution >= 4 is 33.2 Å². The van der Waals surface area contributed by atoms with E-state index in [9.17, 15) is 0 Å². The van der Waals surface area contributed by atoms with Crippen LogP contribution in [0.2, 0.25) is 5.02 Å². The van der Waals surface area contributed by atoms with Gasteiger partial charge in [0.15, 0.2) is 0 Å². The molecule has 3 nitrogen and oxygen atoms in total. The molecule has 0 radical (unpaired) electrons. The lowest BCUT2D eigenvalue weighted by Crippen LogP contribution is -2.00. The fraction of sp³-hybridized carbons (Fsp3) is 0.154. The summed E-state index contributed by atoms with van der Waals surface area (Å²) in [6.45, 7) is 2.35. The van der Waals surface area contributed by atoms with Crippen LogP contribution in [0.1, 0.15) is 11.1 Å². The Morgan fingerprint density at radius 2 is 2.00 bits per heavy atom. The van der Waals surface area contributed by atoms with E-state index in [-0.39, 0.29) is 0 Å². The second-order valence-electron chi connectivity index (χ2n) is 3.87. The summed E-state index contributed by atoms with van der Waals surface area (Å²) in [5.41, 5.74) is 8.35. The van der Waals surface area contributed by atoms with E-state index in [1.165, 1.54) is 0 Å².